The molecule has 3 aromatic rings. The molecule has 2 unspecified atom stereocenters. The Morgan fingerprint density at radius 1 is 1.09 bits per heavy atom. The van der Waals surface area contributed by atoms with E-state index in [0.717, 1.165) is 46.3 Å². The van der Waals surface area contributed by atoms with Crippen molar-refractivity contribution in [1.82, 2.24) is 15.0 Å². The van der Waals surface area contributed by atoms with Gasteiger partial charge in [0.1, 0.15) is 23.3 Å². The molecule has 1 saturated carbocycles. The zero-order valence-electron chi connectivity index (χ0n) is 19.0. The molecular formula is C26H28N8. The van der Waals surface area contributed by atoms with Crippen molar-refractivity contribution in [3.8, 4) is 0 Å². The van der Waals surface area contributed by atoms with Gasteiger partial charge in [0, 0.05) is 67.5 Å². The number of aliphatic imine (C=N–C) groups is 2. The van der Waals surface area contributed by atoms with Gasteiger partial charge in [-0.3, -0.25) is 4.99 Å². The lowest BCUT2D eigenvalue weighted by molar-refractivity contribution is 0.602. The fourth-order valence-corrected chi connectivity index (χ4v) is 4.81. The number of nitrogens with one attached hydrogen (secondary N) is 2. The number of anilines is 2. The van der Waals surface area contributed by atoms with Gasteiger partial charge < -0.3 is 16.4 Å². The molecule has 4 heterocycles. The van der Waals surface area contributed by atoms with Crippen LogP contribution in [-0.2, 0) is 0 Å². The predicted octanol–water partition coefficient (Wildman–Crippen LogP) is 3.83. The van der Waals surface area contributed by atoms with Crippen molar-refractivity contribution in [3.05, 3.63) is 65.9 Å². The fraction of sp³-hybridized carbons (Fsp3) is 0.346. The largest absolute Gasteiger partial charge is 0.368 e. The van der Waals surface area contributed by atoms with Gasteiger partial charge >= 0.3 is 0 Å². The number of pyridine rings is 1. The summed E-state index contributed by atoms with van der Waals surface area (Å²) in [5, 5.41) is 9.11. The van der Waals surface area contributed by atoms with Crippen LogP contribution in [0.3, 0.4) is 0 Å². The van der Waals surface area contributed by atoms with Gasteiger partial charge in [-0.05, 0) is 30.2 Å². The van der Waals surface area contributed by atoms with Crippen LogP contribution in [0.2, 0.25) is 0 Å². The molecule has 3 aliphatic rings. The quantitative estimate of drug-likeness (QED) is 0.524. The van der Waals surface area contributed by atoms with Crippen LogP contribution in [-0.4, -0.2) is 46.6 Å². The van der Waals surface area contributed by atoms with Crippen molar-refractivity contribution in [1.29, 1.82) is 0 Å². The number of allylic oxidation sites excluding steroid dienone is 1. The molecule has 2 aromatic heterocycles. The Morgan fingerprint density at radius 3 is 2.82 bits per heavy atom. The fourth-order valence-electron chi connectivity index (χ4n) is 4.81. The number of nitrogens with two attached hydrogens (primary N) is 1. The smallest absolute Gasteiger partial charge is 0.138 e. The minimum atomic E-state index is 0.0129. The number of fused-ring (bicyclic) bond motifs is 2. The zero-order valence-corrected chi connectivity index (χ0v) is 19.0. The lowest BCUT2D eigenvalue weighted by atomic mass is 9.90. The molecule has 4 N–H and O–H groups in total. The number of nitrogens with zero attached hydrogens (tertiary/aromatic N) is 5. The van der Waals surface area contributed by atoms with Crippen molar-refractivity contribution in [2.75, 3.05) is 30.3 Å². The molecule has 172 valence electrons. The molecule has 8 nitrogen and oxygen atoms in total. The molecule has 1 aromatic carbocycles. The number of hydrogen-bond acceptors (Lipinski definition) is 8. The number of rotatable bonds is 6. The van der Waals surface area contributed by atoms with E-state index >= 15 is 0 Å². The minimum Gasteiger partial charge on any atom is -0.368 e. The van der Waals surface area contributed by atoms with Crippen LogP contribution in [0, 0.1) is 5.92 Å². The van der Waals surface area contributed by atoms with Gasteiger partial charge in [-0.15, -0.1) is 0 Å². The second-order valence-corrected chi connectivity index (χ2v) is 9.15. The van der Waals surface area contributed by atoms with Crippen LogP contribution in [0.15, 0.2) is 58.8 Å². The van der Waals surface area contributed by atoms with Crippen molar-refractivity contribution in [3.63, 3.8) is 0 Å². The SMILES string of the molecule is NCCNc1nc(C2C=CN=C(Nc3cc4ccccc4cn3)C2)nc2c1C(C1CC1)CN=C2. The highest BCUT2D eigenvalue weighted by atomic mass is 15.1. The Bertz CT molecular complexity index is 1310. The summed E-state index contributed by atoms with van der Waals surface area (Å²) in [6.45, 7) is 2.05. The average molecular weight is 453 g/mol. The molecule has 0 amide bonds. The molecule has 2 aliphatic heterocycles. The Hall–Kier alpha value is -3.65. The highest BCUT2D eigenvalue weighted by Crippen LogP contribution is 2.46. The van der Waals surface area contributed by atoms with E-state index in [9.17, 15) is 0 Å². The van der Waals surface area contributed by atoms with Gasteiger partial charge in [0.05, 0.1) is 5.69 Å². The molecule has 1 fully saturated rings. The summed E-state index contributed by atoms with van der Waals surface area (Å²) in [6.07, 6.45) is 10.9. The minimum absolute atomic E-state index is 0.0129. The first kappa shape index (κ1) is 20.9. The first-order valence-corrected chi connectivity index (χ1v) is 12.0. The van der Waals surface area contributed by atoms with E-state index in [2.05, 4.69) is 43.8 Å². The van der Waals surface area contributed by atoms with E-state index in [4.69, 9.17) is 15.7 Å². The second-order valence-electron chi connectivity index (χ2n) is 9.15. The van der Waals surface area contributed by atoms with Gasteiger partial charge in [-0.25, -0.2) is 19.9 Å². The monoisotopic (exact) mass is 452 g/mol. The molecule has 6 rings (SSSR count). The van der Waals surface area contributed by atoms with Crippen molar-refractivity contribution < 1.29 is 0 Å². The summed E-state index contributed by atoms with van der Waals surface area (Å²) in [7, 11) is 0. The number of aromatic nitrogens is 3. The number of hydrogen-bond donors (Lipinski definition) is 3. The third-order valence-electron chi connectivity index (χ3n) is 6.70. The van der Waals surface area contributed by atoms with Gasteiger partial charge in [0.15, 0.2) is 0 Å². The Balaban J connectivity index is 1.26. The molecule has 0 spiro atoms. The average Bonchev–Trinajstić information content (AvgIpc) is 3.72. The van der Waals surface area contributed by atoms with Crippen molar-refractivity contribution in [2.24, 2.45) is 21.6 Å². The van der Waals surface area contributed by atoms with E-state index in [0.29, 0.717) is 31.3 Å². The summed E-state index contributed by atoms with van der Waals surface area (Å²) < 4.78 is 0. The maximum Gasteiger partial charge on any atom is 0.138 e. The maximum atomic E-state index is 5.79. The third kappa shape index (κ3) is 4.17. The lowest BCUT2D eigenvalue weighted by Gasteiger charge is -2.25. The second kappa shape index (κ2) is 8.95. The first-order valence-electron chi connectivity index (χ1n) is 12.0. The summed E-state index contributed by atoms with van der Waals surface area (Å²) in [5.74, 6) is 4.41. The summed E-state index contributed by atoms with van der Waals surface area (Å²) in [5.41, 5.74) is 7.94. The van der Waals surface area contributed by atoms with Crippen LogP contribution in [0.1, 0.15) is 48.2 Å². The molecule has 8 heteroatoms. The highest BCUT2D eigenvalue weighted by molar-refractivity contribution is 5.97. The van der Waals surface area contributed by atoms with Crippen LogP contribution in [0.4, 0.5) is 11.6 Å². The van der Waals surface area contributed by atoms with E-state index in [1.165, 1.54) is 18.4 Å². The molecular weight excluding hydrogens is 424 g/mol. The molecule has 34 heavy (non-hydrogen) atoms. The molecule has 0 radical (unpaired) electrons. The molecule has 0 bridgehead atoms. The number of benzene rings is 1. The summed E-state index contributed by atoms with van der Waals surface area (Å²) in [4.78, 5) is 23.7. The Labute approximate surface area is 198 Å². The Morgan fingerprint density at radius 2 is 1.97 bits per heavy atom. The highest BCUT2D eigenvalue weighted by Gasteiger charge is 2.37. The standard InChI is InChI=1S/C26H28N8/c27-8-10-30-26-24-20(16-5-6-16)14-28-15-21(24)32-25(34-26)18-7-9-29-22(12-18)33-23-11-17-3-1-2-4-19(17)13-31-23/h1-4,7,9,11,13,15-16,18,20H,5-6,8,10,12,14,27H2,(H,29,31,33)(H,30,32,34). The van der Waals surface area contributed by atoms with Gasteiger partial charge in [-0.1, -0.05) is 30.3 Å². The lowest BCUT2D eigenvalue weighted by Crippen LogP contribution is -2.24. The molecule has 1 aliphatic carbocycles. The van der Waals surface area contributed by atoms with Crippen LogP contribution < -0.4 is 16.4 Å². The normalized spacial score (nSPS) is 21.3. The van der Waals surface area contributed by atoms with Gasteiger partial charge in [0.25, 0.3) is 0 Å². The van der Waals surface area contributed by atoms with Crippen molar-refractivity contribution >= 4 is 34.5 Å². The van der Waals surface area contributed by atoms with Gasteiger partial charge in [-0.2, -0.15) is 0 Å². The van der Waals surface area contributed by atoms with Gasteiger partial charge in [0.2, 0.25) is 0 Å². The van der Waals surface area contributed by atoms with Crippen LogP contribution in [0.5, 0.6) is 0 Å². The van der Waals surface area contributed by atoms with E-state index in [1.807, 2.05) is 36.8 Å². The Kier molecular flexibility index (Phi) is 5.50. The van der Waals surface area contributed by atoms with E-state index < -0.39 is 0 Å². The molecule has 2 atom stereocenters. The molecule has 0 saturated heterocycles. The van der Waals surface area contributed by atoms with Crippen LogP contribution in [0.25, 0.3) is 10.8 Å². The van der Waals surface area contributed by atoms with E-state index in [-0.39, 0.29) is 5.92 Å². The number of amidine groups is 1. The maximum absolute atomic E-state index is 5.79. The third-order valence-corrected chi connectivity index (χ3v) is 6.70. The zero-order chi connectivity index (χ0) is 22.9. The summed E-state index contributed by atoms with van der Waals surface area (Å²) >= 11 is 0. The topological polar surface area (TPSA) is 113 Å². The van der Waals surface area contributed by atoms with Crippen LogP contribution >= 0.6 is 0 Å². The predicted molar refractivity (Wildman–Crippen MR) is 137 cm³/mol. The summed E-state index contributed by atoms with van der Waals surface area (Å²) in [6, 6.07) is 10.2. The van der Waals surface area contributed by atoms with Crippen molar-refractivity contribution in [2.45, 2.75) is 31.1 Å². The first-order chi connectivity index (χ1) is 16.8. The van der Waals surface area contributed by atoms with E-state index in [1.54, 1.807) is 0 Å².